The fraction of sp³-hybridized carbons (Fsp3) is 0.588. The summed E-state index contributed by atoms with van der Waals surface area (Å²) in [6.07, 6.45) is 6.76. The smallest absolute Gasteiger partial charge is 0.169 e. The molecule has 1 heterocycles. The minimum Gasteiger partial charge on any atom is -0.360 e. The molecule has 2 fully saturated rings. The third-order valence-electron chi connectivity index (χ3n) is 5.46. The molecular weight excluding hydrogens is 264 g/mol. The summed E-state index contributed by atoms with van der Waals surface area (Å²) >= 11 is 5.67. The van der Waals surface area contributed by atoms with Crippen LogP contribution in [0.2, 0.25) is 0 Å². The van der Waals surface area contributed by atoms with Crippen molar-refractivity contribution < 1.29 is 0 Å². The number of rotatable bonds is 1. The molecule has 0 unspecified atom stereocenters. The van der Waals surface area contributed by atoms with Crippen molar-refractivity contribution in [3.05, 3.63) is 35.4 Å². The zero-order chi connectivity index (χ0) is 13.5. The molecule has 0 amide bonds. The predicted octanol–water partition coefficient (Wildman–Crippen LogP) is 3.11. The van der Waals surface area contributed by atoms with Crippen molar-refractivity contribution >= 4 is 17.3 Å². The molecule has 2 saturated carbocycles. The minimum atomic E-state index is 0.651. The second-order valence-corrected chi connectivity index (χ2v) is 7.06. The summed E-state index contributed by atoms with van der Waals surface area (Å²) in [4.78, 5) is 2.35. The second-order valence-electron chi connectivity index (χ2n) is 6.67. The normalized spacial score (nSPS) is 31.2. The van der Waals surface area contributed by atoms with Gasteiger partial charge in [0.25, 0.3) is 0 Å². The Hall–Kier alpha value is -1.09. The van der Waals surface area contributed by atoms with Gasteiger partial charge in [0.2, 0.25) is 0 Å². The lowest BCUT2D eigenvalue weighted by molar-refractivity contribution is 0.347. The lowest BCUT2D eigenvalue weighted by Gasteiger charge is -2.34. The van der Waals surface area contributed by atoms with Gasteiger partial charge in [-0.1, -0.05) is 30.7 Å². The van der Waals surface area contributed by atoms with Crippen LogP contribution in [-0.4, -0.2) is 22.6 Å². The van der Waals surface area contributed by atoms with Crippen LogP contribution in [0, 0.1) is 11.8 Å². The van der Waals surface area contributed by atoms with Crippen molar-refractivity contribution in [2.24, 2.45) is 11.8 Å². The second kappa shape index (κ2) is 5.03. The fourth-order valence-corrected chi connectivity index (χ4v) is 4.65. The lowest BCUT2D eigenvalue weighted by Crippen LogP contribution is -2.48. The summed E-state index contributed by atoms with van der Waals surface area (Å²) < 4.78 is 0. The monoisotopic (exact) mass is 286 g/mol. The van der Waals surface area contributed by atoms with Crippen molar-refractivity contribution in [1.82, 2.24) is 10.2 Å². The number of fused-ring (bicyclic) bond motifs is 3. The molecule has 0 spiro atoms. The molecule has 1 N–H and O–H groups in total. The molecule has 2 bridgehead atoms. The number of hydrogen-bond acceptors (Lipinski definition) is 1. The Morgan fingerprint density at radius 1 is 1.15 bits per heavy atom. The van der Waals surface area contributed by atoms with Gasteiger partial charge in [-0.3, -0.25) is 0 Å². The van der Waals surface area contributed by atoms with Crippen LogP contribution in [0.15, 0.2) is 24.3 Å². The van der Waals surface area contributed by atoms with Crippen molar-refractivity contribution in [3.8, 4) is 0 Å². The van der Waals surface area contributed by atoms with E-state index in [0.717, 1.165) is 36.5 Å². The van der Waals surface area contributed by atoms with Crippen LogP contribution in [0.1, 0.15) is 36.8 Å². The SMILES string of the molecule is S=C(N[C@H]1C[C@H]2CC[C@@H]1C2)N1CCc2ccccc2C1. The van der Waals surface area contributed by atoms with Gasteiger partial charge in [0.1, 0.15) is 0 Å². The van der Waals surface area contributed by atoms with Crippen LogP contribution in [0.5, 0.6) is 0 Å². The summed E-state index contributed by atoms with van der Waals surface area (Å²) in [5.41, 5.74) is 2.93. The van der Waals surface area contributed by atoms with Gasteiger partial charge in [-0.15, -0.1) is 0 Å². The molecule has 1 aromatic rings. The van der Waals surface area contributed by atoms with E-state index in [-0.39, 0.29) is 0 Å². The highest BCUT2D eigenvalue weighted by atomic mass is 32.1. The summed E-state index contributed by atoms with van der Waals surface area (Å²) in [7, 11) is 0. The molecule has 1 aromatic carbocycles. The van der Waals surface area contributed by atoms with E-state index in [2.05, 4.69) is 34.5 Å². The molecule has 106 valence electrons. The quantitative estimate of drug-likeness (QED) is 0.799. The Balaban J connectivity index is 1.40. The van der Waals surface area contributed by atoms with Gasteiger partial charge in [0.15, 0.2) is 5.11 Å². The van der Waals surface area contributed by atoms with Crippen molar-refractivity contribution in [2.75, 3.05) is 6.54 Å². The van der Waals surface area contributed by atoms with Crippen LogP contribution < -0.4 is 5.32 Å². The first kappa shape index (κ1) is 12.6. The maximum Gasteiger partial charge on any atom is 0.169 e. The summed E-state index contributed by atoms with van der Waals surface area (Å²) in [6.45, 7) is 2.03. The maximum atomic E-state index is 5.67. The molecule has 2 nitrogen and oxygen atoms in total. The number of hydrogen-bond donors (Lipinski definition) is 1. The van der Waals surface area contributed by atoms with Gasteiger partial charge < -0.3 is 10.2 Å². The van der Waals surface area contributed by atoms with E-state index in [9.17, 15) is 0 Å². The highest BCUT2D eigenvalue weighted by Crippen LogP contribution is 2.44. The number of nitrogens with one attached hydrogen (secondary N) is 1. The van der Waals surface area contributed by atoms with Gasteiger partial charge >= 0.3 is 0 Å². The van der Waals surface area contributed by atoms with E-state index in [1.165, 1.54) is 36.8 Å². The Morgan fingerprint density at radius 3 is 2.75 bits per heavy atom. The van der Waals surface area contributed by atoms with Crippen molar-refractivity contribution in [2.45, 2.75) is 44.7 Å². The number of thiocarbonyl (C=S) groups is 1. The first-order valence-electron chi connectivity index (χ1n) is 7.92. The minimum absolute atomic E-state index is 0.651. The average molecular weight is 286 g/mol. The standard InChI is InChI=1S/C17H22N2S/c20-17(18-16-10-12-5-6-14(16)9-12)19-8-7-13-3-1-2-4-15(13)11-19/h1-4,12,14,16H,5-11H2,(H,18,20)/t12-,14+,16-/m0/s1. The summed E-state index contributed by atoms with van der Waals surface area (Å²) in [5.74, 6) is 1.86. The van der Waals surface area contributed by atoms with Crippen LogP contribution in [-0.2, 0) is 13.0 Å². The number of benzene rings is 1. The largest absolute Gasteiger partial charge is 0.360 e. The maximum absolute atomic E-state index is 5.67. The Morgan fingerprint density at radius 2 is 2.00 bits per heavy atom. The third-order valence-corrected chi connectivity index (χ3v) is 5.84. The highest BCUT2D eigenvalue weighted by Gasteiger charge is 2.40. The molecule has 0 aromatic heterocycles. The summed E-state index contributed by atoms with van der Waals surface area (Å²) in [6, 6.07) is 9.41. The van der Waals surface area contributed by atoms with Gasteiger partial charge in [-0.05, 0) is 60.9 Å². The van der Waals surface area contributed by atoms with E-state index in [0.29, 0.717) is 6.04 Å². The summed E-state index contributed by atoms with van der Waals surface area (Å²) in [5, 5.41) is 4.65. The lowest BCUT2D eigenvalue weighted by atomic mass is 9.95. The fourth-order valence-electron chi connectivity index (χ4n) is 4.34. The van der Waals surface area contributed by atoms with E-state index in [1.807, 2.05) is 0 Å². The van der Waals surface area contributed by atoms with E-state index >= 15 is 0 Å². The Bertz CT molecular complexity index is 527. The molecule has 3 atom stereocenters. The van der Waals surface area contributed by atoms with E-state index in [4.69, 9.17) is 12.2 Å². The van der Waals surface area contributed by atoms with Crippen LogP contribution in [0.25, 0.3) is 0 Å². The molecule has 0 saturated heterocycles. The molecule has 3 aliphatic rings. The van der Waals surface area contributed by atoms with Gasteiger partial charge in [0, 0.05) is 19.1 Å². The zero-order valence-electron chi connectivity index (χ0n) is 11.8. The topological polar surface area (TPSA) is 15.3 Å². The first-order valence-corrected chi connectivity index (χ1v) is 8.32. The van der Waals surface area contributed by atoms with Crippen molar-refractivity contribution in [3.63, 3.8) is 0 Å². The zero-order valence-corrected chi connectivity index (χ0v) is 12.7. The van der Waals surface area contributed by atoms with Crippen molar-refractivity contribution in [1.29, 1.82) is 0 Å². The van der Waals surface area contributed by atoms with E-state index in [1.54, 1.807) is 0 Å². The average Bonchev–Trinajstić information content (AvgIpc) is 3.09. The molecule has 2 aliphatic carbocycles. The number of nitrogens with zero attached hydrogens (tertiary/aromatic N) is 1. The van der Waals surface area contributed by atoms with E-state index < -0.39 is 0 Å². The van der Waals surface area contributed by atoms with Crippen LogP contribution >= 0.6 is 12.2 Å². The van der Waals surface area contributed by atoms with Crippen LogP contribution in [0.4, 0.5) is 0 Å². The van der Waals surface area contributed by atoms with Gasteiger partial charge in [0.05, 0.1) is 0 Å². The van der Waals surface area contributed by atoms with Gasteiger partial charge in [-0.2, -0.15) is 0 Å². The molecular formula is C17H22N2S. The molecule has 3 heteroatoms. The Kier molecular flexibility index (Phi) is 3.18. The third kappa shape index (κ3) is 2.22. The Labute approximate surface area is 126 Å². The molecule has 4 rings (SSSR count). The molecule has 20 heavy (non-hydrogen) atoms. The first-order chi connectivity index (χ1) is 9.79. The predicted molar refractivity (Wildman–Crippen MR) is 85.5 cm³/mol. The highest BCUT2D eigenvalue weighted by molar-refractivity contribution is 7.80. The molecule has 0 radical (unpaired) electrons. The van der Waals surface area contributed by atoms with Gasteiger partial charge in [-0.25, -0.2) is 0 Å². The molecule has 1 aliphatic heterocycles. The van der Waals surface area contributed by atoms with Crippen LogP contribution in [0.3, 0.4) is 0 Å².